The monoisotopic (exact) mass is 270 g/mol. The van der Waals surface area contributed by atoms with Crippen LogP contribution in [0.4, 0.5) is 0 Å². The minimum Gasteiger partial charge on any atom is -0.457 e. The van der Waals surface area contributed by atoms with E-state index in [1.54, 1.807) is 10.9 Å². The largest absolute Gasteiger partial charge is 0.457 e. The highest BCUT2D eigenvalue weighted by Crippen LogP contribution is 2.22. The summed E-state index contributed by atoms with van der Waals surface area (Å²) in [4.78, 5) is 12.1. The van der Waals surface area contributed by atoms with Gasteiger partial charge in [0, 0.05) is 18.8 Å². The predicted octanol–water partition coefficient (Wildman–Crippen LogP) is 2.66. The van der Waals surface area contributed by atoms with E-state index in [9.17, 15) is 4.79 Å². The number of ether oxygens (including phenoxy) is 1. The molecule has 1 aromatic heterocycles. The first kappa shape index (κ1) is 12.9. The molecule has 1 aliphatic carbocycles. The van der Waals surface area contributed by atoms with E-state index in [-0.39, 0.29) is 12.6 Å². The Morgan fingerprint density at radius 2 is 2.10 bits per heavy atom. The molecule has 0 saturated carbocycles. The molecular formula is C16H18N2O2. The summed E-state index contributed by atoms with van der Waals surface area (Å²) in [5, 5.41) is 4.05. The molecule has 1 aromatic carbocycles. The van der Waals surface area contributed by atoms with Crippen LogP contribution >= 0.6 is 0 Å². The number of hydrogen-bond donors (Lipinski definition) is 0. The van der Waals surface area contributed by atoms with Gasteiger partial charge in [0.15, 0.2) is 0 Å². The summed E-state index contributed by atoms with van der Waals surface area (Å²) < 4.78 is 7.02. The van der Waals surface area contributed by atoms with Crippen LogP contribution in [-0.4, -0.2) is 15.7 Å². The van der Waals surface area contributed by atoms with Crippen molar-refractivity contribution >= 4 is 5.97 Å². The van der Waals surface area contributed by atoms with E-state index in [0.29, 0.717) is 5.56 Å². The predicted molar refractivity (Wildman–Crippen MR) is 75.4 cm³/mol. The van der Waals surface area contributed by atoms with Crippen molar-refractivity contribution in [3.05, 3.63) is 52.8 Å². The van der Waals surface area contributed by atoms with Crippen LogP contribution < -0.4 is 0 Å². The third-order valence-corrected chi connectivity index (χ3v) is 3.71. The Morgan fingerprint density at radius 1 is 1.30 bits per heavy atom. The van der Waals surface area contributed by atoms with Gasteiger partial charge in [-0.05, 0) is 48.9 Å². The van der Waals surface area contributed by atoms with Crippen molar-refractivity contribution in [1.29, 1.82) is 0 Å². The van der Waals surface area contributed by atoms with Crippen molar-refractivity contribution in [3.63, 3.8) is 0 Å². The second-order valence-corrected chi connectivity index (χ2v) is 5.29. The second kappa shape index (κ2) is 5.49. The molecule has 3 rings (SSSR count). The van der Waals surface area contributed by atoms with Crippen LogP contribution in [0.15, 0.2) is 30.6 Å². The van der Waals surface area contributed by atoms with Crippen molar-refractivity contribution in [1.82, 2.24) is 9.78 Å². The van der Waals surface area contributed by atoms with E-state index in [1.165, 1.54) is 24.0 Å². The highest BCUT2D eigenvalue weighted by molar-refractivity contribution is 5.89. The summed E-state index contributed by atoms with van der Waals surface area (Å²) in [5.74, 6) is -0.262. The van der Waals surface area contributed by atoms with Crippen LogP contribution in [0.5, 0.6) is 0 Å². The van der Waals surface area contributed by atoms with Gasteiger partial charge in [-0.3, -0.25) is 4.68 Å². The first-order valence-electron chi connectivity index (χ1n) is 6.99. The van der Waals surface area contributed by atoms with E-state index in [4.69, 9.17) is 4.74 Å². The number of hydrogen-bond acceptors (Lipinski definition) is 3. The summed E-state index contributed by atoms with van der Waals surface area (Å²) in [7, 11) is 1.84. The number of esters is 1. The zero-order chi connectivity index (χ0) is 13.9. The average Bonchev–Trinajstić information content (AvgIpc) is 2.90. The van der Waals surface area contributed by atoms with Crippen LogP contribution in [0.3, 0.4) is 0 Å². The van der Waals surface area contributed by atoms with Gasteiger partial charge in [-0.25, -0.2) is 4.79 Å². The van der Waals surface area contributed by atoms with Gasteiger partial charge in [0.05, 0.1) is 11.8 Å². The fourth-order valence-electron chi connectivity index (χ4n) is 2.64. The van der Waals surface area contributed by atoms with Crippen molar-refractivity contribution < 1.29 is 9.53 Å². The SMILES string of the molecule is Cn1cc(COC(=O)c2ccc3c(c2)CCCC3)cn1. The molecule has 0 spiro atoms. The van der Waals surface area contributed by atoms with Gasteiger partial charge in [0.2, 0.25) is 0 Å². The van der Waals surface area contributed by atoms with Gasteiger partial charge >= 0.3 is 5.97 Å². The summed E-state index contributed by atoms with van der Waals surface area (Å²) in [5.41, 5.74) is 4.22. The van der Waals surface area contributed by atoms with Crippen LogP contribution in [0, 0.1) is 0 Å². The number of carbonyl (C=O) groups excluding carboxylic acids is 1. The standard InChI is InChI=1S/C16H18N2O2/c1-18-10-12(9-17-18)11-20-16(19)15-7-6-13-4-2-3-5-14(13)8-15/h6-10H,2-5,11H2,1H3. The highest BCUT2D eigenvalue weighted by Gasteiger charge is 2.14. The number of rotatable bonds is 3. The lowest BCUT2D eigenvalue weighted by atomic mass is 9.90. The van der Waals surface area contributed by atoms with Crippen LogP contribution in [-0.2, 0) is 31.2 Å². The van der Waals surface area contributed by atoms with E-state index < -0.39 is 0 Å². The Balaban J connectivity index is 1.67. The summed E-state index contributed by atoms with van der Waals surface area (Å²) in [6.45, 7) is 0.268. The molecule has 1 aliphatic rings. The maximum absolute atomic E-state index is 12.1. The van der Waals surface area contributed by atoms with Crippen molar-refractivity contribution in [2.24, 2.45) is 7.05 Å². The molecule has 0 atom stereocenters. The fourth-order valence-corrected chi connectivity index (χ4v) is 2.64. The molecule has 0 bridgehead atoms. The zero-order valence-electron chi connectivity index (χ0n) is 11.6. The number of aryl methyl sites for hydroxylation is 3. The van der Waals surface area contributed by atoms with E-state index in [0.717, 1.165) is 18.4 Å². The first-order chi connectivity index (χ1) is 9.72. The third-order valence-electron chi connectivity index (χ3n) is 3.71. The Bertz CT molecular complexity index is 631. The lowest BCUT2D eigenvalue weighted by molar-refractivity contribution is 0.0472. The van der Waals surface area contributed by atoms with E-state index >= 15 is 0 Å². The normalized spacial score (nSPS) is 13.8. The molecule has 4 heteroatoms. The molecule has 0 N–H and O–H groups in total. The van der Waals surface area contributed by atoms with Crippen molar-refractivity contribution in [2.45, 2.75) is 32.3 Å². The Labute approximate surface area is 118 Å². The second-order valence-electron chi connectivity index (χ2n) is 5.29. The number of aromatic nitrogens is 2. The van der Waals surface area contributed by atoms with Gasteiger partial charge in [0.25, 0.3) is 0 Å². The Hall–Kier alpha value is -2.10. The number of fused-ring (bicyclic) bond motifs is 1. The lowest BCUT2D eigenvalue weighted by Crippen LogP contribution is -2.08. The molecule has 0 aliphatic heterocycles. The van der Waals surface area contributed by atoms with Crippen LogP contribution in [0.2, 0.25) is 0 Å². The first-order valence-corrected chi connectivity index (χ1v) is 6.99. The van der Waals surface area contributed by atoms with Crippen molar-refractivity contribution in [3.8, 4) is 0 Å². The van der Waals surface area contributed by atoms with Gasteiger partial charge in [0.1, 0.15) is 6.61 Å². The number of nitrogens with zero attached hydrogens (tertiary/aromatic N) is 2. The summed E-state index contributed by atoms with van der Waals surface area (Å²) >= 11 is 0. The quantitative estimate of drug-likeness (QED) is 0.805. The maximum Gasteiger partial charge on any atom is 0.338 e. The minimum atomic E-state index is -0.262. The number of benzene rings is 1. The molecule has 0 amide bonds. The molecule has 20 heavy (non-hydrogen) atoms. The third kappa shape index (κ3) is 2.74. The molecule has 2 aromatic rings. The summed E-state index contributed by atoms with van der Waals surface area (Å²) in [6, 6.07) is 5.92. The molecule has 0 unspecified atom stereocenters. The van der Waals surface area contributed by atoms with Gasteiger partial charge in [-0.1, -0.05) is 6.07 Å². The number of carbonyl (C=O) groups is 1. The molecule has 104 valence electrons. The van der Waals surface area contributed by atoms with Crippen LogP contribution in [0.1, 0.15) is 39.9 Å². The molecular weight excluding hydrogens is 252 g/mol. The fraction of sp³-hybridized carbons (Fsp3) is 0.375. The van der Waals surface area contributed by atoms with E-state index in [1.807, 2.05) is 25.4 Å². The molecule has 1 heterocycles. The highest BCUT2D eigenvalue weighted by atomic mass is 16.5. The summed E-state index contributed by atoms with van der Waals surface area (Å²) in [6.07, 6.45) is 8.21. The smallest absolute Gasteiger partial charge is 0.338 e. The van der Waals surface area contributed by atoms with Crippen molar-refractivity contribution in [2.75, 3.05) is 0 Å². The van der Waals surface area contributed by atoms with Crippen LogP contribution in [0.25, 0.3) is 0 Å². The topological polar surface area (TPSA) is 44.1 Å². The minimum absolute atomic E-state index is 0.262. The molecule has 0 radical (unpaired) electrons. The molecule has 0 saturated heterocycles. The van der Waals surface area contributed by atoms with E-state index in [2.05, 4.69) is 11.2 Å². The molecule has 0 fully saturated rings. The van der Waals surface area contributed by atoms with Gasteiger partial charge < -0.3 is 4.74 Å². The lowest BCUT2D eigenvalue weighted by Gasteiger charge is -2.16. The Kier molecular flexibility index (Phi) is 3.54. The van der Waals surface area contributed by atoms with Gasteiger partial charge in [-0.2, -0.15) is 5.10 Å². The maximum atomic E-state index is 12.1. The zero-order valence-corrected chi connectivity index (χ0v) is 11.6. The molecule has 4 nitrogen and oxygen atoms in total. The van der Waals surface area contributed by atoms with Gasteiger partial charge in [-0.15, -0.1) is 0 Å². The average molecular weight is 270 g/mol. The Morgan fingerprint density at radius 3 is 2.85 bits per heavy atom.